The number of nitrogens with zero attached hydrogens (tertiary/aromatic N) is 2. The maximum atomic E-state index is 12.0. The number of amides is 3. The van der Waals surface area contributed by atoms with E-state index in [-0.39, 0.29) is 17.5 Å². The first kappa shape index (κ1) is 17.5. The van der Waals surface area contributed by atoms with Gasteiger partial charge in [-0.25, -0.2) is 14.7 Å². The zero-order valence-corrected chi connectivity index (χ0v) is 15.0. The lowest BCUT2D eigenvalue weighted by atomic mass is 10.2. The number of aromatic nitrogens is 3. The molecule has 1 fully saturated rings. The van der Waals surface area contributed by atoms with E-state index < -0.39 is 11.9 Å². The van der Waals surface area contributed by atoms with Gasteiger partial charge in [0.25, 0.3) is 0 Å². The van der Waals surface area contributed by atoms with Crippen LogP contribution in [0.25, 0.3) is 0 Å². The molecule has 10 nitrogen and oxygen atoms in total. The molecule has 2 heterocycles. The van der Waals surface area contributed by atoms with Gasteiger partial charge in [0.2, 0.25) is 5.91 Å². The Morgan fingerprint density at radius 3 is 2.81 bits per heavy atom. The van der Waals surface area contributed by atoms with Gasteiger partial charge < -0.3 is 14.8 Å². The smallest absolute Gasteiger partial charge is 0.344 e. The van der Waals surface area contributed by atoms with E-state index in [4.69, 9.17) is 9.47 Å². The number of imide groups is 1. The number of hydrogen-bond acceptors (Lipinski definition) is 7. The van der Waals surface area contributed by atoms with Crippen molar-refractivity contribution in [2.75, 3.05) is 24.3 Å². The standard InChI is InChI=1S/C16H17N5O5S/c22-13(8-27-16-20-19-15(24)21(16)10-2-3-10)18-14(23)17-9-1-4-11-12(7-9)26-6-5-25-11/h1,4,7,10H,2-3,5-6,8H2,(H,19,24)(H2,17,18,22,23). The van der Waals surface area contributed by atoms with Crippen molar-refractivity contribution < 1.29 is 19.1 Å². The van der Waals surface area contributed by atoms with Crippen LogP contribution >= 0.6 is 11.8 Å². The van der Waals surface area contributed by atoms with Crippen molar-refractivity contribution in [3.63, 3.8) is 0 Å². The van der Waals surface area contributed by atoms with Gasteiger partial charge in [0.1, 0.15) is 13.2 Å². The van der Waals surface area contributed by atoms with E-state index in [1.54, 1.807) is 22.8 Å². The summed E-state index contributed by atoms with van der Waals surface area (Å²) < 4.78 is 12.4. The Kier molecular flexibility index (Phi) is 4.75. The van der Waals surface area contributed by atoms with E-state index >= 15 is 0 Å². The summed E-state index contributed by atoms with van der Waals surface area (Å²) in [5, 5.41) is 11.6. The third-order valence-electron chi connectivity index (χ3n) is 3.97. The average Bonchev–Trinajstić information content (AvgIpc) is 3.42. The molecule has 3 N–H and O–H groups in total. The number of nitrogens with one attached hydrogen (secondary N) is 3. The molecule has 1 aliphatic carbocycles. The van der Waals surface area contributed by atoms with Gasteiger partial charge >= 0.3 is 11.7 Å². The molecule has 4 rings (SSSR count). The number of hydrogen-bond donors (Lipinski definition) is 3. The average molecular weight is 391 g/mol. The third-order valence-corrected chi connectivity index (χ3v) is 4.92. The first-order chi connectivity index (χ1) is 13.1. The second-order valence-electron chi connectivity index (χ2n) is 6.06. The number of urea groups is 1. The number of benzene rings is 1. The molecule has 11 heteroatoms. The summed E-state index contributed by atoms with van der Waals surface area (Å²) in [7, 11) is 0. The highest BCUT2D eigenvalue weighted by molar-refractivity contribution is 7.99. The molecular formula is C16H17N5O5S. The van der Waals surface area contributed by atoms with Crippen molar-refractivity contribution in [1.82, 2.24) is 20.1 Å². The van der Waals surface area contributed by atoms with E-state index in [9.17, 15) is 14.4 Å². The summed E-state index contributed by atoms with van der Waals surface area (Å²) in [6, 6.07) is 4.48. The number of ether oxygens (including phenoxy) is 2. The van der Waals surface area contributed by atoms with Crippen LogP contribution in [0.4, 0.5) is 10.5 Å². The first-order valence-corrected chi connectivity index (χ1v) is 9.39. The Morgan fingerprint density at radius 2 is 2.04 bits per heavy atom. The lowest BCUT2D eigenvalue weighted by molar-refractivity contribution is -0.117. The normalized spacial score (nSPS) is 15.3. The number of rotatable bonds is 5. The number of fused-ring (bicyclic) bond motifs is 1. The third kappa shape index (κ3) is 4.08. The molecule has 0 saturated heterocycles. The summed E-state index contributed by atoms with van der Waals surface area (Å²) in [6.45, 7) is 0.925. The fourth-order valence-electron chi connectivity index (χ4n) is 2.62. The predicted molar refractivity (Wildman–Crippen MR) is 96.4 cm³/mol. The molecule has 1 aromatic heterocycles. The predicted octanol–water partition coefficient (Wildman–Crippen LogP) is 1.12. The molecule has 0 radical (unpaired) electrons. The van der Waals surface area contributed by atoms with Crippen molar-refractivity contribution >= 4 is 29.4 Å². The van der Waals surface area contributed by atoms with Crippen molar-refractivity contribution in [3.8, 4) is 11.5 Å². The highest BCUT2D eigenvalue weighted by Crippen LogP contribution is 2.36. The molecule has 0 bridgehead atoms. The molecule has 142 valence electrons. The fraction of sp³-hybridized carbons (Fsp3) is 0.375. The van der Waals surface area contributed by atoms with E-state index in [2.05, 4.69) is 20.8 Å². The van der Waals surface area contributed by atoms with Gasteiger partial charge in [-0.3, -0.25) is 14.7 Å². The van der Waals surface area contributed by atoms with Crippen LogP contribution in [-0.4, -0.2) is 45.7 Å². The zero-order valence-electron chi connectivity index (χ0n) is 14.2. The molecule has 3 amide bonds. The Balaban J connectivity index is 1.29. The molecule has 0 atom stereocenters. The van der Waals surface area contributed by atoms with Crippen LogP contribution in [0.5, 0.6) is 11.5 Å². The Hall–Kier alpha value is -2.95. The summed E-state index contributed by atoms with van der Waals surface area (Å²) in [6.07, 6.45) is 1.86. The summed E-state index contributed by atoms with van der Waals surface area (Å²) >= 11 is 1.10. The van der Waals surface area contributed by atoms with Gasteiger partial charge in [-0.2, -0.15) is 0 Å². The molecule has 1 aromatic carbocycles. The first-order valence-electron chi connectivity index (χ1n) is 8.40. The number of aromatic amines is 1. The number of thioether (sulfide) groups is 1. The Bertz CT molecular complexity index is 936. The summed E-state index contributed by atoms with van der Waals surface area (Å²) in [4.78, 5) is 35.7. The number of anilines is 1. The number of H-pyrrole nitrogens is 1. The minimum absolute atomic E-state index is 0.0361. The van der Waals surface area contributed by atoms with Crippen LogP contribution in [-0.2, 0) is 4.79 Å². The van der Waals surface area contributed by atoms with E-state index in [0.717, 1.165) is 24.6 Å². The van der Waals surface area contributed by atoms with Crippen LogP contribution in [0, 0.1) is 0 Å². The van der Waals surface area contributed by atoms with Gasteiger partial charge in [0.15, 0.2) is 16.7 Å². The molecule has 2 aliphatic rings. The lowest BCUT2D eigenvalue weighted by Gasteiger charge is -2.19. The number of carbonyl (C=O) groups excluding carboxylic acids is 2. The lowest BCUT2D eigenvalue weighted by Crippen LogP contribution is -2.35. The topological polar surface area (TPSA) is 127 Å². The SMILES string of the molecule is O=C(CSc1n[nH]c(=O)n1C1CC1)NC(=O)Nc1ccc2c(c1)OCCO2. The maximum absolute atomic E-state index is 12.0. The van der Waals surface area contributed by atoms with Crippen molar-refractivity contribution in [2.45, 2.75) is 24.0 Å². The minimum Gasteiger partial charge on any atom is -0.486 e. The molecule has 27 heavy (non-hydrogen) atoms. The van der Waals surface area contributed by atoms with Gasteiger partial charge in [-0.1, -0.05) is 11.8 Å². The van der Waals surface area contributed by atoms with Gasteiger partial charge in [-0.05, 0) is 25.0 Å². The van der Waals surface area contributed by atoms with Crippen molar-refractivity contribution in [2.24, 2.45) is 0 Å². The van der Waals surface area contributed by atoms with Gasteiger partial charge in [0.05, 0.1) is 5.75 Å². The second-order valence-corrected chi connectivity index (χ2v) is 7.00. The van der Waals surface area contributed by atoms with Crippen LogP contribution in [0.1, 0.15) is 18.9 Å². The van der Waals surface area contributed by atoms with E-state index in [0.29, 0.717) is 35.6 Å². The minimum atomic E-state index is -0.654. The van der Waals surface area contributed by atoms with Crippen LogP contribution in [0.3, 0.4) is 0 Å². The van der Waals surface area contributed by atoms with Gasteiger partial charge in [0, 0.05) is 17.8 Å². The van der Waals surface area contributed by atoms with Crippen LogP contribution in [0.15, 0.2) is 28.2 Å². The Morgan fingerprint density at radius 1 is 1.26 bits per heavy atom. The van der Waals surface area contributed by atoms with Crippen molar-refractivity contribution in [1.29, 1.82) is 0 Å². The zero-order chi connectivity index (χ0) is 18.8. The summed E-state index contributed by atoms with van der Waals surface area (Å²) in [5.74, 6) is 0.622. The highest BCUT2D eigenvalue weighted by Gasteiger charge is 2.28. The largest absolute Gasteiger partial charge is 0.486 e. The molecule has 1 saturated carbocycles. The highest BCUT2D eigenvalue weighted by atomic mass is 32.2. The van der Waals surface area contributed by atoms with Crippen LogP contribution < -0.4 is 25.8 Å². The van der Waals surface area contributed by atoms with E-state index in [1.165, 1.54) is 0 Å². The number of carbonyl (C=O) groups is 2. The maximum Gasteiger partial charge on any atom is 0.344 e. The van der Waals surface area contributed by atoms with Crippen LogP contribution in [0.2, 0.25) is 0 Å². The fourth-order valence-corrected chi connectivity index (χ4v) is 3.44. The molecule has 0 unspecified atom stereocenters. The Labute approximate surface area is 157 Å². The quantitative estimate of drug-likeness (QED) is 0.652. The van der Waals surface area contributed by atoms with E-state index in [1.807, 2.05) is 0 Å². The second kappa shape index (κ2) is 7.35. The molecule has 0 spiro atoms. The molecule has 1 aliphatic heterocycles. The molecule has 2 aromatic rings. The monoisotopic (exact) mass is 391 g/mol. The van der Waals surface area contributed by atoms with Gasteiger partial charge in [-0.15, -0.1) is 5.10 Å². The van der Waals surface area contributed by atoms with Crippen molar-refractivity contribution in [3.05, 3.63) is 28.7 Å². The summed E-state index contributed by atoms with van der Waals surface area (Å²) in [5.41, 5.74) is 0.198. The molecular weight excluding hydrogens is 374 g/mol.